The molecule has 1 unspecified atom stereocenters. The van der Waals surface area contributed by atoms with Crippen molar-refractivity contribution in [3.63, 3.8) is 0 Å². The summed E-state index contributed by atoms with van der Waals surface area (Å²) in [6.45, 7) is 4.47. The Hall–Kier alpha value is -3.33. The van der Waals surface area contributed by atoms with E-state index in [0.717, 1.165) is 35.7 Å². The van der Waals surface area contributed by atoms with Crippen molar-refractivity contribution in [2.24, 2.45) is 0 Å². The van der Waals surface area contributed by atoms with Gasteiger partial charge in [-0.25, -0.2) is 4.68 Å². The molecule has 1 aromatic heterocycles. The zero-order valence-corrected chi connectivity index (χ0v) is 18.2. The maximum absolute atomic E-state index is 5.55. The number of nitrogens with one attached hydrogen (secondary N) is 1. The van der Waals surface area contributed by atoms with Crippen LogP contribution in [-0.2, 0) is 0 Å². The van der Waals surface area contributed by atoms with Crippen LogP contribution in [0.2, 0.25) is 0 Å². The lowest BCUT2D eigenvalue weighted by Crippen LogP contribution is -2.23. The van der Waals surface area contributed by atoms with Crippen molar-refractivity contribution in [2.75, 3.05) is 11.9 Å². The molecule has 0 radical (unpaired) electrons. The summed E-state index contributed by atoms with van der Waals surface area (Å²) in [5, 5.41) is 16.6. The van der Waals surface area contributed by atoms with Crippen molar-refractivity contribution in [3.8, 4) is 18.1 Å². The van der Waals surface area contributed by atoms with Crippen LogP contribution in [0.4, 0.5) is 5.69 Å². The summed E-state index contributed by atoms with van der Waals surface area (Å²) in [5.74, 6) is 4.08. The number of terminal acetylenes is 1. The molecular weight excluding hydrogens is 386 g/mol. The predicted molar refractivity (Wildman–Crippen MR) is 122 cm³/mol. The van der Waals surface area contributed by atoms with Gasteiger partial charge in [-0.3, -0.25) is 0 Å². The van der Waals surface area contributed by atoms with E-state index < -0.39 is 0 Å². The van der Waals surface area contributed by atoms with E-state index in [2.05, 4.69) is 58.8 Å². The molecule has 1 aliphatic carbocycles. The van der Waals surface area contributed by atoms with Crippen molar-refractivity contribution >= 4 is 5.69 Å². The fourth-order valence-corrected chi connectivity index (χ4v) is 4.38. The Morgan fingerprint density at radius 3 is 2.48 bits per heavy atom. The van der Waals surface area contributed by atoms with Gasteiger partial charge in [0.1, 0.15) is 18.4 Å². The minimum atomic E-state index is -0.181. The van der Waals surface area contributed by atoms with Crippen LogP contribution in [0.25, 0.3) is 0 Å². The summed E-state index contributed by atoms with van der Waals surface area (Å²) < 4.78 is 7.58. The van der Waals surface area contributed by atoms with Gasteiger partial charge < -0.3 is 10.1 Å². The average molecular weight is 416 g/mol. The number of aryl methyl sites for hydroxylation is 2. The lowest BCUT2D eigenvalue weighted by Gasteiger charge is -2.26. The highest BCUT2D eigenvalue weighted by atomic mass is 16.5. The van der Waals surface area contributed by atoms with Crippen molar-refractivity contribution in [2.45, 2.75) is 58.0 Å². The number of ether oxygens (including phenoxy) is 1. The minimum Gasteiger partial charge on any atom is -0.481 e. The molecule has 1 N–H and O–H groups in total. The number of aromatic nitrogens is 4. The molecular formula is C25H29N5O. The molecule has 0 bridgehead atoms. The second-order valence-corrected chi connectivity index (χ2v) is 8.29. The summed E-state index contributed by atoms with van der Waals surface area (Å²) in [4.78, 5) is 0. The third kappa shape index (κ3) is 5.05. The maximum atomic E-state index is 5.55. The Morgan fingerprint density at radius 2 is 1.81 bits per heavy atom. The predicted octanol–water partition coefficient (Wildman–Crippen LogP) is 5.01. The average Bonchev–Trinajstić information content (AvgIpc) is 3.26. The van der Waals surface area contributed by atoms with Gasteiger partial charge in [-0.2, -0.15) is 0 Å². The fourth-order valence-electron chi connectivity index (χ4n) is 4.38. The molecule has 6 nitrogen and oxygen atoms in total. The SMILES string of the molecule is C#CCOc1ccc(C(Nc2cc(C)cc(C)c2)c2nnnn2C2CCCCC2)cc1. The van der Waals surface area contributed by atoms with Crippen molar-refractivity contribution in [3.05, 3.63) is 65.0 Å². The summed E-state index contributed by atoms with van der Waals surface area (Å²) in [6, 6.07) is 14.6. The summed E-state index contributed by atoms with van der Waals surface area (Å²) >= 11 is 0. The quantitative estimate of drug-likeness (QED) is 0.550. The molecule has 3 aromatic rings. The molecule has 1 saturated carbocycles. The van der Waals surface area contributed by atoms with E-state index >= 15 is 0 Å². The fraction of sp³-hybridized carbons (Fsp3) is 0.400. The maximum Gasteiger partial charge on any atom is 0.178 e. The second-order valence-electron chi connectivity index (χ2n) is 8.29. The Bertz CT molecular complexity index is 1020. The number of anilines is 1. The molecule has 4 rings (SSSR count). The normalized spacial score (nSPS) is 15.3. The molecule has 1 heterocycles. The Balaban J connectivity index is 1.69. The summed E-state index contributed by atoms with van der Waals surface area (Å²) in [7, 11) is 0. The van der Waals surface area contributed by atoms with E-state index in [9.17, 15) is 0 Å². The smallest absolute Gasteiger partial charge is 0.178 e. The minimum absolute atomic E-state index is 0.181. The molecule has 0 saturated heterocycles. The lowest BCUT2D eigenvalue weighted by molar-refractivity contribution is 0.315. The first kappa shape index (κ1) is 20.9. The highest BCUT2D eigenvalue weighted by Crippen LogP contribution is 2.33. The number of hydrogen-bond acceptors (Lipinski definition) is 5. The van der Waals surface area contributed by atoms with Crippen molar-refractivity contribution in [1.82, 2.24) is 20.2 Å². The molecule has 0 amide bonds. The molecule has 1 fully saturated rings. The monoisotopic (exact) mass is 415 g/mol. The van der Waals surface area contributed by atoms with Gasteiger partial charge in [0, 0.05) is 5.69 Å². The summed E-state index contributed by atoms with van der Waals surface area (Å²) in [5.41, 5.74) is 4.55. The highest BCUT2D eigenvalue weighted by molar-refractivity contribution is 5.51. The van der Waals surface area contributed by atoms with Crippen LogP contribution in [-0.4, -0.2) is 26.8 Å². The first-order chi connectivity index (χ1) is 15.1. The molecule has 6 heteroatoms. The van der Waals surface area contributed by atoms with Crippen molar-refractivity contribution < 1.29 is 4.74 Å². The zero-order valence-electron chi connectivity index (χ0n) is 18.2. The van der Waals surface area contributed by atoms with E-state index in [1.807, 2.05) is 28.9 Å². The van der Waals surface area contributed by atoms with Crippen LogP contribution in [0.15, 0.2) is 42.5 Å². The molecule has 2 aromatic carbocycles. The Kier molecular flexibility index (Phi) is 6.51. The molecule has 0 aliphatic heterocycles. The van der Waals surface area contributed by atoms with Crippen LogP contribution in [0.5, 0.6) is 5.75 Å². The van der Waals surface area contributed by atoms with Gasteiger partial charge in [0.05, 0.1) is 6.04 Å². The van der Waals surface area contributed by atoms with E-state index in [1.165, 1.54) is 30.4 Å². The highest BCUT2D eigenvalue weighted by Gasteiger charge is 2.26. The third-order valence-corrected chi connectivity index (χ3v) is 5.77. The van der Waals surface area contributed by atoms with Crippen LogP contribution in [0.3, 0.4) is 0 Å². The van der Waals surface area contributed by atoms with Crippen LogP contribution in [0, 0.1) is 26.2 Å². The van der Waals surface area contributed by atoms with Gasteiger partial charge in [-0.1, -0.05) is 43.4 Å². The van der Waals surface area contributed by atoms with E-state index in [1.54, 1.807) is 0 Å². The standard InChI is InChI=1S/C25H29N5O/c1-4-14-31-23-12-10-20(11-13-23)24(26-21-16-18(2)15-19(3)17-21)25-27-28-29-30(25)22-8-6-5-7-9-22/h1,10-13,15-17,22,24,26H,5-9,14H2,2-3H3. The van der Waals surface area contributed by atoms with Gasteiger partial charge in [0.15, 0.2) is 5.82 Å². The number of tetrazole rings is 1. The molecule has 1 atom stereocenters. The zero-order chi connectivity index (χ0) is 21.6. The number of hydrogen-bond donors (Lipinski definition) is 1. The molecule has 1 aliphatic rings. The molecule has 31 heavy (non-hydrogen) atoms. The van der Waals surface area contributed by atoms with Gasteiger partial charge in [-0.05, 0) is 78.1 Å². The number of rotatable bonds is 7. The number of nitrogens with zero attached hydrogens (tertiary/aromatic N) is 4. The van der Waals surface area contributed by atoms with Gasteiger partial charge in [0.2, 0.25) is 0 Å². The van der Waals surface area contributed by atoms with Gasteiger partial charge in [-0.15, -0.1) is 11.5 Å². The lowest BCUT2D eigenvalue weighted by atomic mass is 9.95. The Morgan fingerprint density at radius 1 is 1.10 bits per heavy atom. The molecule has 0 spiro atoms. The van der Waals surface area contributed by atoms with Crippen LogP contribution < -0.4 is 10.1 Å². The topological polar surface area (TPSA) is 64.9 Å². The van der Waals surface area contributed by atoms with Crippen molar-refractivity contribution in [1.29, 1.82) is 0 Å². The largest absolute Gasteiger partial charge is 0.481 e. The van der Waals surface area contributed by atoms with Crippen LogP contribution >= 0.6 is 0 Å². The Labute approximate surface area is 184 Å². The first-order valence-corrected chi connectivity index (χ1v) is 10.9. The summed E-state index contributed by atoms with van der Waals surface area (Å²) in [6.07, 6.45) is 11.3. The van der Waals surface area contributed by atoms with E-state index in [0.29, 0.717) is 6.04 Å². The molecule has 160 valence electrons. The third-order valence-electron chi connectivity index (χ3n) is 5.77. The second kappa shape index (κ2) is 9.65. The first-order valence-electron chi connectivity index (χ1n) is 10.9. The van der Waals surface area contributed by atoms with Gasteiger partial charge in [0.25, 0.3) is 0 Å². The van der Waals surface area contributed by atoms with Gasteiger partial charge >= 0.3 is 0 Å². The van der Waals surface area contributed by atoms with E-state index in [-0.39, 0.29) is 12.6 Å². The van der Waals surface area contributed by atoms with Crippen LogP contribution in [0.1, 0.15) is 66.7 Å². The van der Waals surface area contributed by atoms with E-state index in [4.69, 9.17) is 11.2 Å². The number of benzene rings is 2.